The summed E-state index contributed by atoms with van der Waals surface area (Å²) in [5, 5.41) is 6.56. The Morgan fingerprint density at radius 1 is 1.20 bits per heavy atom. The fraction of sp³-hybridized carbons (Fsp3) is 0.318. The Labute approximate surface area is 180 Å². The molecule has 0 aliphatic carbocycles. The van der Waals surface area contributed by atoms with Crippen molar-refractivity contribution in [3.8, 4) is 5.75 Å². The molecule has 0 unspecified atom stereocenters. The van der Waals surface area contributed by atoms with Crippen LogP contribution in [-0.2, 0) is 9.59 Å². The third kappa shape index (κ3) is 4.32. The van der Waals surface area contributed by atoms with Gasteiger partial charge in [-0.05, 0) is 24.3 Å². The Kier molecular flexibility index (Phi) is 5.74. The van der Waals surface area contributed by atoms with Crippen LogP contribution in [0.2, 0.25) is 5.02 Å². The quantitative estimate of drug-likeness (QED) is 0.770. The number of hydrogen-bond donors (Lipinski definition) is 2. The zero-order chi connectivity index (χ0) is 21.1. The fourth-order valence-corrected chi connectivity index (χ4v) is 3.95. The van der Waals surface area contributed by atoms with Gasteiger partial charge in [-0.1, -0.05) is 35.9 Å². The highest BCUT2D eigenvalue weighted by molar-refractivity contribution is 6.47. The number of piperidine rings is 1. The molecule has 1 fully saturated rings. The zero-order valence-corrected chi connectivity index (χ0v) is 17.4. The van der Waals surface area contributed by atoms with E-state index in [0.29, 0.717) is 48.1 Å². The first-order valence-electron chi connectivity index (χ1n) is 9.81. The van der Waals surface area contributed by atoms with Gasteiger partial charge in [0.1, 0.15) is 17.1 Å². The van der Waals surface area contributed by atoms with Gasteiger partial charge in [-0.15, -0.1) is 0 Å². The standard InChI is InChI=1S/C22H23ClN4O3/c1-30-18-5-3-2-4-17(18)24-19(28)14-27-12-10-22(11-13-27)25-20(21(29)26-22)15-6-8-16(23)9-7-15/h2-9H,10-14H2,1H3,(H,24,28)(H,26,29). The van der Waals surface area contributed by atoms with Gasteiger partial charge in [0.2, 0.25) is 5.91 Å². The maximum Gasteiger partial charge on any atom is 0.272 e. The topological polar surface area (TPSA) is 83.0 Å². The van der Waals surface area contributed by atoms with Crippen molar-refractivity contribution >= 4 is 34.8 Å². The number of benzene rings is 2. The van der Waals surface area contributed by atoms with Crippen LogP contribution in [0.1, 0.15) is 18.4 Å². The molecule has 2 aliphatic rings. The van der Waals surface area contributed by atoms with Gasteiger partial charge in [-0.2, -0.15) is 0 Å². The minimum atomic E-state index is -0.596. The Bertz CT molecular complexity index is 982. The number of anilines is 1. The smallest absolute Gasteiger partial charge is 0.272 e. The molecule has 2 aromatic carbocycles. The molecular formula is C22H23ClN4O3. The summed E-state index contributed by atoms with van der Waals surface area (Å²) in [5.41, 5.74) is 1.25. The van der Waals surface area contributed by atoms with E-state index in [0.717, 1.165) is 5.56 Å². The van der Waals surface area contributed by atoms with Crippen molar-refractivity contribution in [2.75, 3.05) is 32.1 Å². The van der Waals surface area contributed by atoms with Crippen LogP contribution in [0.25, 0.3) is 0 Å². The number of nitrogens with zero attached hydrogens (tertiary/aromatic N) is 2. The number of amides is 2. The van der Waals surface area contributed by atoms with E-state index in [2.05, 4.69) is 15.5 Å². The second-order valence-corrected chi connectivity index (χ2v) is 7.91. The van der Waals surface area contributed by atoms with E-state index in [-0.39, 0.29) is 18.4 Å². The van der Waals surface area contributed by atoms with Crippen LogP contribution in [-0.4, -0.2) is 54.8 Å². The fourth-order valence-electron chi connectivity index (χ4n) is 3.83. The molecule has 2 heterocycles. The second-order valence-electron chi connectivity index (χ2n) is 7.48. The average Bonchev–Trinajstić information content (AvgIpc) is 3.06. The predicted octanol–water partition coefficient (Wildman–Crippen LogP) is 2.70. The summed E-state index contributed by atoms with van der Waals surface area (Å²) in [6, 6.07) is 14.4. The molecule has 156 valence electrons. The Balaban J connectivity index is 1.36. The highest BCUT2D eigenvalue weighted by Gasteiger charge is 2.42. The molecule has 30 heavy (non-hydrogen) atoms. The van der Waals surface area contributed by atoms with Gasteiger partial charge in [0.05, 0.1) is 19.3 Å². The van der Waals surface area contributed by atoms with Crippen molar-refractivity contribution in [1.82, 2.24) is 10.2 Å². The summed E-state index contributed by atoms with van der Waals surface area (Å²) in [4.78, 5) is 31.8. The molecule has 7 nitrogen and oxygen atoms in total. The first-order valence-corrected chi connectivity index (χ1v) is 10.2. The first kappa shape index (κ1) is 20.4. The summed E-state index contributed by atoms with van der Waals surface area (Å²) in [6.45, 7) is 1.60. The molecule has 1 saturated heterocycles. The van der Waals surface area contributed by atoms with Crippen molar-refractivity contribution < 1.29 is 14.3 Å². The number of methoxy groups -OCH3 is 1. The minimum absolute atomic E-state index is 0.101. The molecule has 2 amide bonds. The Morgan fingerprint density at radius 3 is 2.60 bits per heavy atom. The number of halogens is 1. The molecule has 2 N–H and O–H groups in total. The molecular weight excluding hydrogens is 404 g/mol. The molecule has 0 bridgehead atoms. The largest absolute Gasteiger partial charge is 0.495 e. The lowest BCUT2D eigenvalue weighted by Gasteiger charge is -2.36. The van der Waals surface area contributed by atoms with Gasteiger partial charge in [0.25, 0.3) is 5.91 Å². The molecule has 8 heteroatoms. The van der Waals surface area contributed by atoms with Crippen LogP contribution in [0.4, 0.5) is 5.69 Å². The minimum Gasteiger partial charge on any atom is -0.495 e. The van der Waals surface area contributed by atoms with Gasteiger partial charge in [0.15, 0.2) is 0 Å². The number of aliphatic imine (C=N–C) groups is 1. The molecule has 4 rings (SSSR count). The summed E-state index contributed by atoms with van der Waals surface area (Å²) in [5.74, 6) is 0.358. The van der Waals surface area contributed by atoms with Gasteiger partial charge >= 0.3 is 0 Å². The summed E-state index contributed by atoms with van der Waals surface area (Å²) in [7, 11) is 1.57. The highest BCUT2D eigenvalue weighted by Crippen LogP contribution is 2.29. The van der Waals surface area contributed by atoms with Gasteiger partial charge in [-0.25, -0.2) is 0 Å². The SMILES string of the molecule is COc1ccccc1NC(=O)CN1CCC2(CC1)N=C(c1ccc(Cl)cc1)C(=O)N2. The van der Waals surface area contributed by atoms with Crippen LogP contribution in [0.15, 0.2) is 53.5 Å². The van der Waals surface area contributed by atoms with Crippen molar-refractivity contribution in [2.45, 2.75) is 18.5 Å². The van der Waals surface area contributed by atoms with Crippen molar-refractivity contribution in [1.29, 1.82) is 0 Å². The number of hydrogen-bond acceptors (Lipinski definition) is 5. The normalized spacial score (nSPS) is 18.1. The van der Waals surface area contributed by atoms with E-state index < -0.39 is 5.66 Å². The average molecular weight is 427 g/mol. The lowest BCUT2D eigenvalue weighted by Crippen LogP contribution is -2.52. The van der Waals surface area contributed by atoms with Gasteiger partial charge in [-0.3, -0.25) is 19.5 Å². The van der Waals surface area contributed by atoms with E-state index in [4.69, 9.17) is 21.3 Å². The third-order valence-electron chi connectivity index (χ3n) is 5.44. The number of nitrogens with one attached hydrogen (secondary N) is 2. The van der Waals surface area contributed by atoms with Gasteiger partial charge in [0, 0.05) is 36.5 Å². The number of para-hydroxylation sites is 2. The molecule has 2 aliphatic heterocycles. The number of rotatable bonds is 5. The van der Waals surface area contributed by atoms with E-state index in [9.17, 15) is 9.59 Å². The van der Waals surface area contributed by atoms with Crippen LogP contribution < -0.4 is 15.4 Å². The summed E-state index contributed by atoms with van der Waals surface area (Å²) in [6.07, 6.45) is 1.30. The van der Waals surface area contributed by atoms with Crippen LogP contribution >= 0.6 is 11.6 Å². The maximum absolute atomic E-state index is 12.5. The lowest BCUT2D eigenvalue weighted by atomic mass is 9.98. The number of carbonyl (C=O) groups is 2. The Morgan fingerprint density at radius 2 is 1.90 bits per heavy atom. The van der Waals surface area contributed by atoms with E-state index in [1.807, 2.05) is 18.2 Å². The lowest BCUT2D eigenvalue weighted by molar-refractivity contribution is -0.119. The second kappa shape index (κ2) is 8.45. The monoisotopic (exact) mass is 426 g/mol. The molecule has 1 spiro atoms. The number of carbonyl (C=O) groups excluding carboxylic acids is 2. The van der Waals surface area contributed by atoms with Crippen molar-refractivity contribution in [3.63, 3.8) is 0 Å². The van der Waals surface area contributed by atoms with Crippen molar-refractivity contribution in [3.05, 3.63) is 59.1 Å². The molecule has 2 aromatic rings. The number of ether oxygens (including phenoxy) is 1. The van der Waals surface area contributed by atoms with Crippen LogP contribution in [0, 0.1) is 0 Å². The Hall–Kier alpha value is -2.90. The number of likely N-dealkylation sites (tertiary alicyclic amines) is 1. The maximum atomic E-state index is 12.5. The van der Waals surface area contributed by atoms with Crippen LogP contribution in [0.3, 0.4) is 0 Å². The summed E-state index contributed by atoms with van der Waals surface area (Å²) < 4.78 is 5.27. The molecule has 0 radical (unpaired) electrons. The van der Waals surface area contributed by atoms with E-state index in [1.54, 1.807) is 37.4 Å². The van der Waals surface area contributed by atoms with Crippen molar-refractivity contribution in [2.24, 2.45) is 4.99 Å². The van der Waals surface area contributed by atoms with E-state index in [1.165, 1.54) is 0 Å². The van der Waals surface area contributed by atoms with Gasteiger partial charge < -0.3 is 15.4 Å². The molecule has 0 saturated carbocycles. The zero-order valence-electron chi connectivity index (χ0n) is 16.7. The molecule has 0 atom stereocenters. The highest BCUT2D eigenvalue weighted by atomic mass is 35.5. The third-order valence-corrected chi connectivity index (χ3v) is 5.69. The van der Waals surface area contributed by atoms with Crippen LogP contribution in [0.5, 0.6) is 5.75 Å². The predicted molar refractivity (Wildman–Crippen MR) is 116 cm³/mol. The molecule has 0 aromatic heterocycles. The first-order chi connectivity index (χ1) is 14.5. The summed E-state index contributed by atoms with van der Waals surface area (Å²) >= 11 is 5.94. The van der Waals surface area contributed by atoms with E-state index >= 15 is 0 Å².